The number of ketones is 1. The molecule has 0 spiro atoms. The third kappa shape index (κ3) is 4.18. The van der Waals surface area contributed by atoms with E-state index in [0.29, 0.717) is 27.6 Å². The van der Waals surface area contributed by atoms with E-state index in [9.17, 15) is 4.79 Å². The number of nitrogens with zero attached hydrogens (tertiary/aromatic N) is 3. The van der Waals surface area contributed by atoms with Crippen LogP contribution < -0.4 is 4.74 Å². The average Bonchev–Trinajstić information content (AvgIpc) is 3.21. The van der Waals surface area contributed by atoms with Crippen LogP contribution in [0.2, 0.25) is 5.02 Å². The zero-order valence-corrected chi connectivity index (χ0v) is 14.4. The molecule has 0 radical (unpaired) electrons. The van der Waals surface area contributed by atoms with E-state index in [-0.39, 0.29) is 18.1 Å². The van der Waals surface area contributed by atoms with Crippen LogP contribution in [0.5, 0.6) is 5.75 Å². The van der Waals surface area contributed by atoms with E-state index in [1.807, 2.05) is 19.3 Å². The number of hydrogen-bond acceptors (Lipinski definition) is 6. The Morgan fingerprint density at radius 1 is 1.29 bits per heavy atom. The molecule has 2 aromatic heterocycles. The van der Waals surface area contributed by atoms with Crippen molar-refractivity contribution < 1.29 is 13.9 Å². The first kappa shape index (κ1) is 16.6. The van der Waals surface area contributed by atoms with Gasteiger partial charge in [0.2, 0.25) is 0 Å². The maximum absolute atomic E-state index is 12.1. The van der Waals surface area contributed by atoms with Crippen LogP contribution in [0.4, 0.5) is 0 Å². The van der Waals surface area contributed by atoms with E-state index < -0.39 is 0 Å². The number of rotatable bonds is 7. The molecule has 0 aliphatic carbocycles. The fourth-order valence-electron chi connectivity index (χ4n) is 1.98. The second-order valence-corrected chi connectivity index (χ2v) is 6.28. The van der Waals surface area contributed by atoms with Crippen LogP contribution in [-0.4, -0.2) is 26.3 Å². The summed E-state index contributed by atoms with van der Waals surface area (Å²) in [7, 11) is 1.83. The normalized spacial score (nSPS) is 10.8. The third-order valence-corrected chi connectivity index (χ3v) is 4.25. The van der Waals surface area contributed by atoms with Gasteiger partial charge in [0, 0.05) is 18.3 Å². The van der Waals surface area contributed by atoms with Crippen molar-refractivity contribution in [2.24, 2.45) is 7.05 Å². The topological polar surface area (TPSA) is 70.2 Å². The van der Waals surface area contributed by atoms with Gasteiger partial charge in [-0.2, -0.15) is 0 Å². The van der Waals surface area contributed by atoms with Crippen LogP contribution in [0, 0.1) is 0 Å². The molecular weight excluding hydrogens is 350 g/mol. The first-order valence-electron chi connectivity index (χ1n) is 7.10. The summed E-state index contributed by atoms with van der Waals surface area (Å²) in [5.41, 5.74) is 0.647. The first-order valence-corrected chi connectivity index (χ1v) is 8.46. The summed E-state index contributed by atoms with van der Waals surface area (Å²) < 4.78 is 12.8. The Balaban J connectivity index is 1.51. The van der Waals surface area contributed by atoms with Gasteiger partial charge < -0.3 is 13.7 Å². The van der Waals surface area contributed by atoms with Crippen LogP contribution in [0.25, 0.3) is 0 Å². The summed E-state index contributed by atoms with van der Waals surface area (Å²) in [4.78, 5) is 12.1. The predicted octanol–water partition coefficient (Wildman–Crippen LogP) is 3.62. The van der Waals surface area contributed by atoms with Crippen molar-refractivity contribution in [3.63, 3.8) is 0 Å². The molecule has 3 aromatic rings. The number of hydrogen-bond donors (Lipinski definition) is 0. The monoisotopic (exact) mass is 363 g/mol. The maximum atomic E-state index is 12.1. The van der Waals surface area contributed by atoms with Gasteiger partial charge in [-0.15, -0.1) is 10.2 Å². The van der Waals surface area contributed by atoms with Crippen molar-refractivity contribution >= 4 is 29.1 Å². The molecule has 0 amide bonds. The molecule has 2 heterocycles. The van der Waals surface area contributed by atoms with Gasteiger partial charge in [0.05, 0.1) is 11.4 Å². The van der Waals surface area contributed by atoms with Gasteiger partial charge in [-0.1, -0.05) is 23.4 Å². The standard InChI is InChI=1S/C16H14ClN3O3S/c1-20-8-2-3-13(20)14(21)10-24-16-19-18-15(23-16)9-22-12-6-4-11(17)5-7-12/h2-8H,9-10H2,1H3. The van der Waals surface area contributed by atoms with Gasteiger partial charge in [-0.3, -0.25) is 4.79 Å². The Morgan fingerprint density at radius 3 is 2.79 bits per heavy atom. The quantitative estimate of drug-likeness (QED) is 0.471. The second-order valence-electron chi connectivity index (χ2n) is 4.92. The number of carbonyl (C=O) groups excluding carboxylic acids is 1. The molecule has 24 heavy (non-hydrogen) atoms. The Kier molecular flexibility index (Phi) is 5.22. The molecule has 0 bridgehead atoms. The summed E-state index contributed by atoms with van der Waals surface area (Å²) in [5, 5.41) is 8.79. The highest BCUT2D eigenvalue weighted by Crippen LogP contribution is 2.20. The number of thioether (sulfide) groups is 1. The highest BCUT2D eigenvalue weighted by molar-refractivity contribution is 7.99. The van der Waals surface area contributed by atoms with Crippen molar-refractivity contribution in [2.45, 2.75) is 11.8 Å². The van der Waals surface area contributed by atoms with Crippen LogP contribution in [0.3, 0.4) is 0 Å². The summed E-state index contributed by atoms with van der Waals surface area (Å²) in [6.45, 7) is 0.154. The molecule has 0 aliphatic heterocycles. The molecule has 0 unspecified atom stereocenters. The van der Waals surface area contributed by atoms with E-state index >= 15 is 0 Å². The minimum absolute atomic E-state index is 0.00432. The van der Waals surface area contributed by atoms with Crippen molar-refractivity contribution in [1.82, 2.24) is 14.8 Å². The molecule has 0 saturated heterocycles. The van der Waals surface area contributed by atoms with Gasteiger partial charge in [0.15, 0.2) is 12.4 Å². The number of aryl methyl sites for hydroxylation is 1. The molecule has 0 aliphatic rings. The number of aromatic nitrogens is 3. The fraction of sp³-hybridized carbons (Fsp3) is 0.188. The molecule has 1 aromatic carbocycles. The Labute approximate surface area is 147 Å². The maximum Gasteiger partial charge on any atom is 0.277 e. The van der Waals surface area contributed by atoms with E-state index in [4.69, 9.17) is 20.8 Å². The smallest absolute Gasteiger partial charge is 0.277 e. The van der Waals surface area contributed by atoms with Crippen LogP contribution in [0.15, 0.2) is 52.2 Å². The molecule has 124 valence electrons. The largest absolute Gasteiger partial charge is 0.484 e. The van der Waals surface area contributed by atoms with Crippen LogP contribution >= 0.6 is 23.4 Å². The highest BCUT2D eigenvalue weighted by atomic mass is 35.5. The van der Waals surface area contributed by atoms with Crippen LogP contribution in [0.1, 0.15) is 16.4 Å². The molecule has 3 rings (SSSR count). The fourth-order valence-corrected chi connectivity index (χ4v) is 2.76. The van der Waals surface area contributed by atoms with Gasteiger partial charge in [-0.05, 0) is 36.4 Å². The predicted molar refractivity (Wildman–Crippen MR) is 90.5 cm³/mol. The molecule has 6 nitrogen and oxygen atoms in total. The second kappa shape index (κ2) is 7.55. The minimum atomic E-state index is 0.00432. The lowest BCUT2D eigenvalue weighted by Gasteiger charge is -2.02. The molecular formula is C16H14ClN3O3S. The summed E-state index contributed by atoms with van der Waals surface area (Å²) in [6, 6.07) is 10.6. The van der Waals surface area contributed by atoms with E-state index in [0.717, 1.165) is 0 Å². The molecule has 8 heteroatoms. The molecule has 0 saturated carbocycles. The number of carbonyl (C=O) groups is 1. The molecule has 0 fully saturated rings. The summed E-state index contributed by atoms with van der Waals surface area (Å²) >= 11 is 7.01. The molecule has 0 atom stereocenters. The SMILES string of the molecule is Cn1cccc1C(=O)CSc1nnc(COc2ccc(Cl)cc2)o1. The Hall–Kier alpha value is -2.25. The number of benzene rings is 1. The van der Waals surface area contributed by atoms with E-state index in [1.165, 1.54) is 11.8 Å². The van der Waals surface area contributed by atoms with Gasteiger partial charge in [0.25, 0.3) is 11.1 Å². The third-order valence-electron chi connectivity index (χ3n) is 3.18. The van der Waals surface area contributed by atoms with Crippen molar-refractivity contribution in [3.8, 4) is 5.75 Å². The average molecular weight is 364 g/mol. The highest BCUT2D eigenvalue weighted by Gasteiger charge is 2.13. The Morgan fingerprint density at radius 2 is 2.08 bits per heavy atom. The number of Topliss-reactive ketones (excluding diaryl/α,β-unsaturated/α-hetero) is 1. The lowest BCUT2D eigenvalue weighted by atomic mass is 10.3. The zero-order valence-electron chi connectivity index (χ0n) is 12.8. The number of ether oxygens (including phenoxy) is 1. The van der Waals surface area contributed by atoms with Crippen molar-refractivity contribution in [2.75, 3.05) is 5.75 Å². The van der Waals surface area contributed by atoms with Gasteiger partial charge >= 0.3 is 0 Å². The van der Waals surface area contributed by atoms with Crippen molar-refractivity contribution in [3.05, 3.63) is 59.2 Å². The lowest BCUT2D eigenvalue weighted by Crippen LogP contribution is -2.07. The lowest BCUT2D eigenvalue weighted by molar-refractivity contribution is 0.101. The van der Waals surface area contributed by atoms with Gasteiger partial charge in [0.1, 0.15) is 5.75 Å². The summed E-state index contributed by atoms with van der Waals surface area (Å²) in [5.74, 6) is 1.24. The summed E-state index contributed by atoms with van der Waals surface area (Å²) in [6.07, 6.45) is 1.83. The van der Waals surface area contributed by atoms with E-state index in [1.54, 1.807) is 34.9 Å². The van der Waals surface area contributed by atoms with Crippen LogP contribution in [-0.2, 0) is 13.7 Å². The number of halogens is 1. The Bertz CT molecular complexity index is 829. The minimum Gasteiger partial charge on any atom is -0.484 e. The zero-order chi connectivity index (χ0) is 16.9. The van der Waals surface area contributed by atoms with Crippen molar-refractivity contribution in [1.29, 1.82) is 0 Å². The first-order chi connectivity index (χ1) is 11.6. The van der Waals surface area contributed by atoms with E-state index in [2.05, 4.69) is 10.2 Å². The molecule has 0 N–H and O–H groups in total. The van der Waals surface area contributed by atoms with Gasteiger partial charge in [-0.25, -0.2) is 0 Å².